The largest absolute Gasteiger partial charge is 0.477 e. The number of hydrogen-bond acceptors (Lipinski definition) is 4. The Bertz CT molecular complexity index is 392. The summed E-state index contributed by atoms with van der Waals surface area (Å²) in [5, 5.41) is 14.2. The highest BCUT2D eigenvalue weighted by molar-refractivity contribution is 7.12. The topological polar surface area (TPSA) is 52.6 Å². The Labute approximate surface area is 105 Å². The monoisotopic (exact) mass is 254 g/mol. The van der Waals surface area contributed by atoms with E-state index in [-0.39, 0.29) is 0 Å². The van der Waals surface area contributed by atoms with Gasteiger partial charge in [-0.25, -0.2) is 4.79 Å². The van der Waals surface area contributed by atoms with Gasteiger partial charge in [-0.1, -0.05) is 0 Å². The van der Waals surface area contributed by atoms with Crippen molar-refractivity contribution in [3.63, 3.8) is 0 Å². The molecule has 1 aromatic rings. The molecule has 17 heavy (non-hydrogen) atoms. The van der Waals surface area contributed by atoms with Gasteiger partial charge in [-0.3, -0.25) is 0 Å². The first-order chi connectivity index (χ1) is 8.18. The van der Waals surface area contributed by atoms with Crippen LogP contribution < -0.4 is 5.32 Å². The lowest BCUT2D eigenvalue weighted by Gasteiger charge is -2.19. The lowest BCUT2D eigenvalue weighted by molar-refractivity contribution is 0.0701. The molecule has 0 bridgehead atoms. The maximum Gasteiger partial charge on any atom is 0.346 e. The molecule has 0 amide bonds. The third-order valence-corrected chi connectivity index (χ3v) is 4.25. The van der Waals surface area contributed by atoms with Gasteiger partial charge in [0, 0.05) is 19.1 Å². The van der Waals surface area contributed by atoms with Gasteiger partial charge in [0.1, 0.15) is 4.88 Å². The summed E-state index contributed by atoms with van der Waals surface area (Å²) >= 11 is 1.29. The molecule has 0 saturated carbocycles. The number of rotatable bonds is 5. The summed E-state index contributed by atoms with van der Waals surface area (Å²) in [6.07, 6.45) is 2.50. The van der Waals surface area contributed by atoms with Crippen LogP contribution in [0.2, 0.25) is 0 Å². The Kier molecular flexibility index (Phi) is 4.15. The highest BCUT2D eigenvalue weighted by Gasteiger charge is 2.20. The van der Waals surface area contributed by atoms with Crippen molar-refractivity contribution in [3.8, 4) is 0 Å². The Balaban J connectivity index is 1.81. The van der Waals surface area contributed by atoms with Gasteiger partial charge in [0.25, 0.3) is 0 Å². The van der Waals surface area contributed by atoms with Gasteiger partial charge < -0.3 is 15.3 Å². The number of carboxylic acids is 1. The third kappa shape index (κ3) is 3.06. The van der Waals surface area contributed by atoms with Crippen LogP contribution in [0.1, 0.15) is 28.1 Å². The second kappa shape index (κ2) is 5.62. The molecule has 1 saturated heterocycles. The number of likely N-dealkylation sites (tertiary alicyclic amines) is 1. The molecule has 4 nitrogen and oxygen atoms in total. The van der Waals surface area contributed by atoms with Gasteiger partial charge in [0.15, 0.2) is 0 Å². The van der Waals surface area contributed by atoms with E-state index >= 15 is 0 Å². The van der Waals surface area contributed by atoms with Crippen LogP contribution in [-0.4, -0.2) is 42.2 Å². The van der Waals surface area contributed by atoms with Crippen LogP contribution in [0.3, 0.4) is 0 Å². The van der Waals surface area contributed by atoms with Crippen LogP contribution in [0.15, 0.2) is 11.4 Å². The van der Waals surface area contributed by atoms with Gasteiger partial charge in [0.05, 0.1) is 0 Å². The summed E-state index contributed by atoms with van der Waals surface area (Å²) in [5.74, 6) is -0.824. The molecule has 2 N–H and O–H groups in total. The van der Waals surface area contributed by atoms with Crippen LogP contribution in [0, 0.1) is 0 Å². The van der Waals surface area contributed by atoms with Crippen molar-refractivity contribution in [2.75, 3.05) is 20.1 Å². The average molecular weight is 254 g/mol. The van der Waals surface area contributed by atoms with Crippen molar-refractivity contribution in [2.24, 2.45) is 0 Å². The summed E-state index contributed by atoms with van der Waals surface area (Å²) in [4.78, 5) is 13.7. The van der Waals surface area contributed by atoms with E-state index in [0.29, 0.717) is 17.5 Å². The Morgan fingerprint density at radius 3 is 3.18 bits per heavy atom. The fraction of sp³-hybridized carbons (Fsp3) is 0.583. The van der Waals surface area contributed by atoms with Crippen LogP contribution in [0.5, 0.6) is 0 Å². The van der Waals surface area contributed by atoms with E-state index in [4.69, 9.17) is 5.11 Å². The first-order valence-corrected chi connectivity index (χ1v) is 6.77. The SMILES string of the molecule is CN1CCCC1CNCc1ccsc1C(=O)O. The predicted octanol–water partition coefficient (Wildman–Crippen LogP) is 1.63. The van der Waals surface area contributed by atoms with Gasteiger partial charge in [-0.2, -0.15) is 0 Å². The van der Waals surface area contributed by atoms with Crippen LogP contribution in [0.25, 0.3) is 0 Å². The molecule has 94 valence electrons. The van der Waals surface area contributed by atoms with E-state index in [1.54, 1.807) is 0 Å². The molecule has 1 unspecified atom stereocenters. The van der Waals surface area contributed by atoms with E-state index in [1.165, 1.54) is 30.7 Å². The number of likely N-dealkylation sites (N-methyl/N-ethyl adjacent to an activating group) is 1. The molecule has 0 aliphatic carbocycles. The van der Waals surface area contributed by atoms with E-state index in [9.17, 15) is 4.79 Å². The minimum Gasteiger partial charge on any atom is -0.477 e. The molecule has 1 atom stereocenters. The van der Waals surface area contributed by atoms with Crippen molar-refractivity contribution in [1.29, 1.82) is 0 Å². The highest BCUT2D eigenvalue weighted by atomic mass is 32.1. The maximum atomic E-state index is 10.9. The van der Waals surface area contributed by atoms with Gasteiger partial charge >= 0.3 is 5.97 Å². The van der Waals surface area contributed by atoms with E-state index < -0.39 is 5.97 Å². The molecule has 0 aromatic carbocycles. The quantitative estimate of drug-likeness (QED) is 0.838. The lowest BCUT2D eigenvalue weighted by Crippen LogP contribution is -2.35. The minimum absolute atomic E-state index is 0.456. The summed E-state index contributed by atoms with van der Waals surface area (Å²) in [5.41, 5.74) is 0.892. The smallest absolute Gasteiger partial charge is 0.346 e. The van der Waals surface area contributed by atoms with Crippen molar-refractivity contribution < 1.29 is 9.90 Å². The zero-order chi connectivity index (χ0) is 12.3. The lowest BCUT2D eigenvalue weighted by atomic mass is 10.2. The number of carboxylic acid groups (broad SMARTS) is 1. The van der Waals surface area contributed by atoms with Gasteiger partial charge in [-0.05, 0) is 43.4 Å². The molecule has 1 fully saturated rings. The van der Waals surface area contributed by atoms with Crippen LogP contribution in [-0.2, 0) is 6.54 Å². The number of hydrogen-bond donors (Lipinski definition) is 2. The van der Waals surface area contributed by atoms with E-state index in [1.807, 2.05) is 11.4 Å². The van der Waals surface area contributed by atoms with Gasteiger partial charge in [0.2, 0.25) is 0 Å². The first kappa shape index (κ1) is 12.5. The van der Waals surface area contributed by atoms with E-state index in [2.05, 4.69) is 17.3 Å². The summed E-state index contributed by atoms with van der Waals surface area (Å²) in [6.45, 7) is 2.76. The van der Waals surface area contributed by atoms with E-state index in [0.717, 1.165) is 12.1 Å². The molecule has 1 aliphatic rings. The Morgan fingerprint density at radius 2 is 2.53 bits per heavy atom. The number of nitrogens with zero attached hydrogens (tertiary/aromatic N) is 1. The summed E-state index contributed by atoms with van der Waals surface area (Å²) < 4.78 is 0. The molecule has 5 heteroatoms. The molecular weight excluding hydrogens is 236 g/mol. The summed E-state index contributed by atoms with van der Waals surface area (Å²) in [6, 6.07) is 2.49. The number of carbonyl (C=O) groups is 1. The fourth-order valence-electron chi connectivity index (χ4n) is 2.27. The van der Waals surface area contributed by atoms with Crippen molar-refractivity contribution in [1.82, 2.24) is 10.2 Å². The number of aromatic carboxylic acids is 1. The molecular formula is C12H18N2O2S. The second-order valence-corrected chi connectivity index (χ2v) is 5.40. The second-order valence-electron chi connectivity index (χ2n) is 4.49. The number of nitrogens with one attached hydrogen (secondary N) is 1. The van der Waals surface area contributed by atoms with Crippen molar-refractivity contribution >= 4 is 17.3 Å². The standard InChI is InChI=1S/C12H18N2O2S/c1-14-5-2-3-10(14)8-13-7-9-4-6-17-11(9)12(15)16/h4,6,10,13H,2-3,5,7-8H2,1H3,(H,15,16). The molecule has 0 spiro atoms. The molecule has 1 aromatic heterocycles. The summed E-state index contributed by atoms with van der Waals surface area (Å²) in [7, 11) is 2.15. The third-order valence-electron chi connectivity index (χ3n) is 3.31. The Hall–Kier alpha value is -0.910. The maximum absolute atomic E-state index is 10.9. The minimum atomic E-state index is -0.824. The highest BCUT2D eigenvalue weighted by Crippen LogP contribution is 2.17. The predicted molar refractivity (Wildman–Crippen MR) is 68.6 cm³/mol. The zero-order valence-corrected chi connectivity index (χ0v) is 10.8. The average Bonchev–Trinajstić information content (AvgIpc) is 2.88. The number of thiophene rings is 1. The normalized spacial score (nSPS) is 20.9. The van der Waals surface area contributed by atoms with Crippen LogP contribution >= 0.6 is 11.3 Å². The Morgan fingerprint density at radius 1 is 1.71 bits per heavy atom. The first-order valence-electron chi connectivity index (χ1n) is 5.89. The fourth-order valence-corrected chi connectivity index (χ4v) is 3.03. The van der Waals surface area contributed by atoms with Gasteiger partial charge in [-0.15, -0.1) is 11.3 Å². The van der Waals surface area contributed by atoms with Crippen molar-refractivity contribution in [3.05, 3.63) is 21.9 Å². The van der Waals surface area contributed by atoms with Crippen molar-refractivity contribution in [2.45, 2.75) is 25.4 Å². The zero-order valence-electron chi connectivity index (χ0n) is 9.98. The molecule has 1 aliphatic heterocycles. The molecule has 2 rings (SSSR count). The molecule has 0 radical (unpaired) electrons. The molecule has 2 heterocycles. The van der Waals surface area contributed by atoms with Crippen LogP contribution in [0.4, 0.5) is 0 Å².